The van der Waals surface area contributed by atoms with Gasteiger partial charge in [0.25, 0.3) is 0 Å². The average Bonchev–Trinajstić information content (AvgIpc) is 2.44. The Morgan fingerprint density at radius 2 is 1.70 bits per heavy atom. The highest BCUT2D eigenvalue weighted by atomic mass is 16.5. The quantitative estimate of drug-likeness (QED) is 0.853. The molecule has 0 bridgehead atoms. The Labute approximate surface area is 121 Å². The van der Waals surface area contributed by atoms with E-state index in [9.17, 15) is 0 Å². The van der Waals surface area contributed by atoms with Crippen molar-refractivity contribution in [2.75, 3.05) is 0 Å². The predicted octanol–water partition coefficient (Wildman–Crippen LogP) is 4.07. The lowest BCUT2D eigenvalue weighted by molar-refractivity contribution is 0.306. The predicted molar refractivity (Wildman–Crippen MR) is 83.9 cm³/mol. The van der Waals surface area contributed by atoms with Gasteiger partial charge in [0, 0.05) is 12.6 Å². The molecule has 0 atom stereocenters. The maximum atomic E-state index is 5.80. The highest BCUT2D eigenvalue weighted by Gasteiger charge is 1.98. The Bertz CT molecular complexity index is 531. The summed E-state index contributed by atoms with van der Waals surface area (Å²) in [6.45, 7) is 7.91. The first kappa shape index (κ1) is 14.6. The van der Waals surface area contributed by atoms with E-state index < -0.39 is 0 Å². The lowest BCUT2D eigenvalue weighted by Gasteiger charge is -2.10. The van der Waals surface area contributed by atoms with Crippen molar-refractivity contribution in [1.82, 2.24) is 5.32 Å². The number of hydrogen-bond acceptors (Lipinski definition) is 2. The van der Waals surface area contributed by atoms with Crippen LogP contribution in [0.5, 0.6) is 5.75 Å². The second kappa shape index (κ2) is 7.11. The van der Waals surface area contributed by atoms with Gasteiger partial charge in [0.2, 0.25) is 0 Å². The summed E-state index contributed by atoms with van der Waals surface area (Å²) in [5, 5.41) is 3.41. The third kappa shape index (κ3) is 4.71. The molecule has 0 heterocycles. The number of nitrogens with one attached hydrogen (secondary N) is 1. The second-order valence-corrected chi connectivity index (χ2v) is 5.46. The molecule has 1 N–H and O–H groups in total. The summed E-state index contributed by atoms with van der Waals surface area (Å²) in [4.78, 5) is 0. The van der Waals surface area contributed by atoms with Gasteiger partial charge in [-0.3, -0.25) is 0 Å². The van der Waals surface area contributed by atoms with Crippen LogP contribution in [0.4, 0.5) is 0 Å². The Morgan fingerprint density at radius 1 is 1.00 bits per heavy atom. The smallest absolute Gasteiger partial charge is 0.120 e. The Morgan fingerprint density at radius 3 is 2.35 bits per heavy atom. The molecule has 0 saturated heterocycles. The molecule has 2 aromatic rings. The summed E-state index contributed by atoms with van der Waals surface area (Å²) >= 11 is 0. The molecule has 2 aromatic carbocycles. The molecule has 2 nitrogen and oxygen atoms in total. The van der Waals surface area contributed by atoms with Crippen LogP contribution in [-0.4, -0.2) is 6.04 Å². The number of aryl methyl sites for hydroxylation is 1. The van der Waals surface area contributed by atoms with Crippen molar-refractivity contribution in [2.45, 2.75) is 40.0 Å². The molecule has 0 aliphatic carbocycles. The highest BCUT2D eigenvalue weighted by Crippen LogP contribution is 2.14. The zero-order valence-electron chi connectivity index (χ0n) is 12.5. The first-order valence-corrected chi connectivity index (χ1v) is 7.14. The monoisotopic (exact) mass is 269 g/mol. The zero-order chi connectivity index (χ0) is 14.4. The van der Waals surface area contributed by atoms with Gasteiger partial charge in [-0.2, -0.15) is 0 Å². The van der Waals surface area contributed by atoms with Crippen molar-refractivity contribution in [3.05, 3.63) is 65.2 Å². The summed E-state index contributed by atoms with van der Waals surface area (Å²) in [7, 11) is 0. The minimum Gasteiger partial charge on any atom is -0.489 e. The van der Waals surface area contributed by atoms with Crippen molar-refractivity contribution in [3.63, 3.8) is 0 Å². The van der Waals surface area contributed by atoms with Crippen LogP contribution in [-0.2, 0) is 13.2 Å². The normalized spacial score (nSPS) is 10.8. The van der Waals surface area contributed by atoms with Gasteiger partial charge in [0.05, 0.1) is 0 Å². The molecule has 0 spiro atoms. The van der Waals surface area contributed by atoms with E-state index in [4.69, 9.17) is 4.74 Å². The third-order valence-corrected chi connectivity index (χ3v) is 3.13. The molecule has 2 rings (SSSR count). The van der Waals surface area contributed by atoms with Crippen molar-refractivity contribution < 1.29 is 4.74 Å². The van der Waals surface area contributed by atoms with Crippen molar-refractivity contribution in [2.24, 2.45) is 0 Å². The standard InChI is InChI=1S/C18H23NO/c1-14(2)19-12-16-7-9-17(10-8-16)13-20-18-6-4-5-15(3)11-18/h4-11,14,19H,12-13H2,1-3H3. The molecule has 2 heteroatoms. The van der Waals surface area contributed by atoms with Gasteiger partial charge < -0.3 is 10.1 Å². The lowest BCUT2D eigenvalue weighted by atomic mass is 10.1. The number of rotatable bonds is 6. The fourth-order valence-corrected chi connectivity index (χ4v) is 1.95. The van der Waals surface area contributed by atoms with Crippen molar-refractivity contribution in [1.29, 1.82) is 0 Å². The number of ether oxygens (including phenoxy) is 1. The molecule has 20 heavy (non-hydrogen) atoms. The Hall–Kier alpha value is -1.80. The van der Waals surface area contributed by atoms with Crippen LogP contribution in [0, 0.1) is 6.92 Å². The van der Waals surface area contributed by atoms with E-state index in [0.717, 1.165) is 12.3 Å². The lowest BCUT2D eigenvalue weighted by Crippen LogP contribution is -2.21. The van der Waals surface area contributed by atoms with Gasteiger partial charge in [-0.25, -0.2) is 0 Å². The van der Waals surface area contributed by atoms with Gasteiger partial charge in [0.1, 0.15) is 12.4 Å². The van der Waals surface area contributed by atoms with Gasteiger partial charge >= 0.3 is 0 Å². The van der Waals surface area contributed by atoms with Crippen molar-refractivity contribution in [3.8, 4) is 5.75 Å². The molecule has 0 aromatic heterocycles. The highest BCUT2D eigenvalue weighted by molar-refractivity contribution is 5.28. The Balaban J connectivity index is 1.87. The zero-order valence-corrected chi connectivity index (χ0v) is 12.5. The summed E-state index contributed by atoms with van der Waals surface area (Å²) in [5.74, 6) is 0.926. The number of hydrogen-bond donors (Lipinski definition) is 1. The number of benzene rings is 2. The molecule has 0 fully saturated rings. The Kier molecular flexibility index (Phi) is 5.19. The van der Waals surface area contributed by atoms with E-state index in [1.165, 1.54) is 16.7 Å². The average molecular weight is 269 g/mol. The summed E-state index contributed by atoms with van der Waals surface area (Å²) in [6, 6.07) is 17.2. The van der Waals surface area contributed by atoms with E-state index >= 15 is 0 Å². The molecule has 0 radical (unpaired) electrons. The summed E-state index contributed by atoms with van der Waals surface area (Å²) in [6.07, 6.45) is 0. The van der Waals surface area contributed by atoms with Crippen LogP contribution in [0.3, 0.4) is 0 Å². The first-order valence-electron chi connectivity index (χ1n) is 7.14. The maximum absolute atomic E-state index is 5.80. The van der Waals surface area contributed by atoms with Gasteiger partial charge in [-0.05, 0) is 35.7 Å². The first-order chi connectivity index (χ1) is 9.63. The fraction of sp³-hybridized carbons (Fsp3) is 0.333. The van der Waals surface area contributed by atoms with Crippen LogP contribution in [0.15, 0.2) is 48.5 Å². The van der Waals surface area contributed by atoms with Gasteiger partial charge in [-0.1, -0.05) is 50.2 Å². The SMILES string of the molecule is Cc1cccc(OCc2ccc(CNC(C)C)cc2)c1. The minimum absolute atomic E-state index is 0.513. The molecule has 0 amide bonds. The largest absolute Gasteiger partial charge is 0.489 e. The molecule has 0 aliphatic rings. The van der Waals surface area contributed by atoms with Crippen LogP contribution in [0.1, 0.15) is 30.5 Å². The molecule has 0 saturated carbocycles. The van der Waals surface area contributed by atoms with Crippen LogP contribution in [0.25, 0.3) is 0 Å². The molecule has 0 aliphatic heterocycles. The maximum Gasteiger partial charge on any atom is 0.120 e. The summed E-state index contributed by atoms with van der Waals surface area (Å²) in [5.41, 5.74) is 3.72. The van der Waals surface area contributed by atoms with E-state index in [-0.39, 0.29) is 0 Å². The van der Waals surface area contributed by atoms with Crippen LogP contribution in [0.2, 0.25) is 0 Å². The molecular formula is C18H23NO. The molecule has 106 valence electrons. The third-order valence-electron chi connectivity index (χ3n) is 3.13. The minimum atomic E-state index is 0.513. The molecule has 0 unspecified atom stereocenters. The second-order valence-electron chi connectivity index (χ2n) is 5.46. The van der Waals surface area contributed by atoms with Gasteiger partial charge in [-0.15, -0.1) is 0 Å². The van der Waals surface area contributed by atoms with E-state index in [0.29, 0.717) is 12.6 Å². The fourth-order valence-electron chi connectivity index (χ4n) is 1.95. The van der Waals surface area contributed by atoms with Crippen LogP contribution >= 0.6 is 0 Å². The van der Waals surface area contributed by atoms with Crippen LogP contribution < -0.4 is 10.1 Å². The topological polar surface area (TPSA) is 21.3 Å². The van der Waals surface area contributed by atoms with Crippen molar-refractivity contribution >= 4 is 0 Å². The summed E-state index contributed by atoms with van der Waals surface area (Å²) < 4.78 is 5.80. The van der Waals surface area contributed by atoms with E-state index in [1.807, 2.05) is 12.1 Å². The molecular weight excluding hydrogens is 246 g/mol. The van der Waals surface area contributed by atoms with E-state index in [2.05, 4.69) is 62.5 Å². The van der Waals surface area contributed by atoms with E-state index in [1.54, 1.807) is 0 Å². The van der Waals surface area contributed by atoms with Gasteiger partial charge in [0.15, 0.2) is 0 Å².